The van der Waals surface area contributed by atoms with Crippen molar-refractivity contribution in [2.24, 2.45) is 50.2 Å². The van der Waals surface area contributed by atoms with Crippen LogP contribution in [0, 0.1) is 50.2 Å². The van der Waals surface area contributed by atoms with Gasteiger partial charge in [0.2, 0.25) is 5.91 Å². The fourth-order valence-corrected chi connectivity index (χ4v) is 11.0. The zero-order valence-corrected chi connectivity index (χ0v) is 25.2. The van der Waals surface area contributed by atoms with Crippen LogP contribution < -0.4 is 5.32 Å². The normalized spacial score (nSPS) is 47.8. The number of aliphatic carboxylic acids is 1. The number of amides is 1. The molecule has 0 aromatic rings. The molecule has 5 nitrogen and oxygen atoms in total. The number of carbonyl (C=O) groups is 2. The number of rotatable bonds is 3. The summed E-state index contributed by atoms with van der Waals surface area (Å²) in [7, 11) is 0. The van der Waals surface area contributed by atoms with E-state index in [1.165, 1.54) is 12.0 Å². The van der Waals surface area contributed by atoms with Crippen LogP contribution in [0.4, 0.5) is 0 Å². The minimum atomic E-state index is -0.971. The van der Waals surface area contributed by atoms with Crippen molar-refractivity contribution in [3.63, 3.8) is 0 Å². The summed E-state index contributed by atoms with van der Waals surface area (Å²) < 4.78 is 0. The van der Waals surface area contributed by atoms with Crippen LogP contribution in [0.15, 0.2) is 11.6 Å². The molecular formula is C33H53NO4. The van der Waals surface area contributed by atoms with Gasteiger partial charge in [0.15, 0.2) is 0 Å². The Morgan fingerprint density at radius 2 is 1.58 bits per heavy atom. The van der Waals surface area contributed by atoms with E-state index in [0.717, 1.165) is 57.8 Å². The molecule has 0 saturated heterocycles. The Morgan fingerprint density at radius 1 is 0.921 bits per heavy atom. The summed E-state index contributed by atoms with van der Waals surface area (Å²) in [6, 6.07) is -0.872. The average Bonchev–Trinajstić information content (AvgIpc) is 2.81. The molecule has 5 heteroatoms. The maximum atomic E-state index is 13.9. The van der Waals surface area contributed by atoms with Crippen LogP contribution >= 0.6 is 0 Å². The van der Waals surface area contributed by atoms with E-state index in [1.54, 1.807) is 6.92 Å². The Morgan fingerprint density at radius 3 is 2.24 bits per heavy atom. The molecule has 4 saturated carbocycles. The number of carboxylic acid groups (broad SMARTS) is 1. The van der Waals surface area contributed by atoms with Gasteiger partial charge in [-0.1, -0.05) is 60.1 Å². The van der Waals surface area contributed by atoms with E-state index in [-0.39, 0.29) is 45.0 Å². The monoisotopic (exact) mass is 527 g/mol. The smallest absolute Gasteiger partial charge is 0.325 e. The van der Waals surface area contributed by atoms with Crippen LogP contribution in [0.2, 0.25) is 0 Å². The number of nitrogens with one attached hydrogen (secondary N) is 1. The van der Waals surface area contributed by atoms with E-state index in [1.807, 2.05) is 0 Å². The van der Waals surface area contributed by atoms with Crippen LogP contribution in [-0.2, 0) is 9.59 Å². The molecule has 3 N–H and O–H groups in total. The second-order valence-corrected chi connectivity index (χ2v) is 16.3. The van der Waals surface area contributed by atoms with Crippen LogP contribution in [0.1, 0.15) is 120 Å². The SMILES string of the molecule is C[C@H](NC(=O)[C@]12CCC(C)(C)C[C@H]1C1=CC[C@@H]3[C@@]4(C)CC[C@H](O)C(C)(C)[C@@H]4CC[C@@]3(C)[C@]1(C)CC2)C(=O)O. The largest absolute Gasteiger partial charge is 0.480 e. The van der Waals surface area contributed by atoms with Gasteiger partial charge >= 0.3 is 5.97 Å². The predicted octanol–water partition coefficient (Wildman–Crippen LogP) is 6.74. The van der Waals surface area contributed by atoms with E-state index >= 15 is 0 Å². The van der Waals surface area contributed by atoms with Crippen LogP contribution in [-0.4, -0.2) is 34.2 Å². The van der Waals surface area contributed by atoms with Gasteiger partial charge in [-0.2, -0.15) is 0 Å². The molecule has 0 unspecified atom stereocenters. The quantitative estimate of drug-likeness (QED) is 0.355. The van der Waals surface area contributed by atoms with Crippen molar-refractivity contribution in [1.82, 2.24) is 5.32 Å². The number of hydrogen-bond acceptors (Lipinski definition) is 3. The first-order valence-corrected chi connectivity index (χ1v) is 15.4. The van der Waals surface area contributed by atoms with E-state index in [4.69, 9.17) is 0 Å². The molecule has 0 aromatic heterocycles. The molecule has 0 spiro atoms. The lowest BCUT2D eigenvalue weighted by molar-refractivity contribution is -0.203. The highest BCUT2D eigenvalue weighted by atomic mass is 16.4. The summed E-state index contributed by atoms with van der Waals surface area (Å²) in [6.45, 7) is 18.5. The van der Waals surface area contributed by atoms with Crippen molar-refractivity contribution < 1.29 is 19.8 Å². The summed E-state index contributed by atoms with van der Waals surface area (Å²) in [4.78, 5) is 25.6. The standard InChI is InChI=1S/C33H53NO4/c1-20(26(36)37)34-27(38)33-17-15-28(2,3)19-22(33)21-9-10-24-30(6)13-12-25(35)29(4,5)23(30)11-14-32(24,8)31(21,7)16-18-33/h9,20,22-25,35H,10-19H2,1-8H3,(H,34,38)(H,36,37)/t20-,22-,23-,24+,25-,30-,31+,32+,33-/m0/s1. The van der Waals surface area contributed by atoms with Crippen molar-refractivity contribution in [2.45, 2.75) is 132 Å². The zero-order valence-electron chi connectivity index (χ0n) is 25.2. The fourth-order valence-electron chi connectivity index (χ4n) is 11.0. The third kappa shape index (κ3) is 3.65. The average molecular weight is 528 g/mol. The van der Waals surface area contributed by atoms with Crippen molar-refractivity contribution in [2.75, 3.05) is 0 Å². The lowest BCUT2D eigenvalue weighted by atomic mass is 9.33. The first-order valence-electron chi connectivity index (χ1n) is 15.4. The molecule has 4 fully saturated rings. The summed E-state index contributed by atoms with van der Waals surface area (Å²) in [6.07, 6.45) is 12.4. The van der Waals surface area contributed by atoms with Crippen LogP contribution in [0.3, 0.4) is 0 Å². The lowest BCUT2D eigenvalue weighted by Crippen LogP contribution is -2.65. The first-order chi connectivity index (χ1) is 17.4. The number of allylic oxidation sites excluding steroid dienone is 2. The molecule has 0 heterocycles. The summed E-state index contributed by atoms with van der Waals surface area (Å²) >= 11 is 0. The van der Waals surface area contributed by atoms with Gasteiger partial charge in [-0.05, 0) is 116 Å². The van der Waals surface area contributed by atoms with Gasteiger partial charge in [0.05, 0.1) is 11.5 Å². The van der Waals surface area contributed by atoms with Gasteiger partial charge in [-0.3, -0.25) is 9.59 Å². The Labute approximate surface area is 230 Å². The molecule has 0 radical (unpaired) electrons. The first kappa shape index (κ1) is 28.2. The number of aliphatic hydroxyl groups is 1. The molecule has 5 aliphatic carbocycles. The molecule has 9 atom stereocenters. The zero-order chi connectivity index (χ0) is 28.1. The number of fused-ring (bicyclic) bond motifs is 7. The third-order valence-corrected chi connectivity index (χ3v) is 13.8. The van der Waals surface area contributed by atoms with E-state index in [2.05, 4.69) is 59.9 Å². The fraction of sp³-hybridized carbons (Fsp3) is 0.879. The molecule has 0 aliphatic heterocycles. The number of carboxylic acids is 1. The highest BCUT2D eigenvalue weighted by molar-refractivity contribution is 5.88. The molecule has 5 aliphatic rings. The second kappa shape index (κ2) is 8.57. The molecule has 214 valence electrons. The topological polar surface area (TPSA) is 86.6 Å². The van der Waals surface area contributed by atoms with Gasteiger partial charge in [0.25, 0.3) is 0 Å². The Kier molecular flexibility index (Phi) is 6.36. The number of aliphatic hydroxyl groups excluding tert-OH is 1. The second-order valence-electron chi connectivity index (χ2n) is 16.3. The third-order valence-electron chi connectivity index (χ3n) is 13.8. The highest BCUT2D eigenvalue weighted by Gasteiger charge is 2.69. The maximum absolute atomic E-state index is 13.9. The Hall–Kier alpha value is -1.36. The van der Waals surface area contributed by atoms with Gasteiger partial charge in [-0.25, -0.2) is 0 Å². The number of hydrogen-bond donors (Lipinski definition) is 3. The highest BCUT2D eigenvalue weighted by Crippen LogP contribution is 2.75. The van der Waals surface area contributed by atoms with E-state index in [0.29, 0.717) is 11.8 Å². The lowest BCUT2D eigenvalue weighted by Gasteiger charge is -2.71. The van der Waals surface area contributed by atoms with Gasteiger partial charge in [-0.15, -0.1) is 0 Å². The summed E-state index contributed by atoms with van der Waals surface area (Å²) in [5.74, 6) is 0.246. The Bertz CT molecular complexity index is 1050. The summed E-state index contributed by atoms with van der Waals surface area (Å²) in [5, 5.41) is 23.4. The molecule has 38 heavy (non-hydrogen) atoms. The van der Waals surface area contributed by atoms with E-state index < -0.39 is 17.4 Å². The van der Waals surface area contributed by atoms with Gasteiger partial charge in [0.1, 0.15) is 6.04 Å². The molecular weight excluding hydrogens is 474 g/mol. The van der Waals surface area contributed by atoms with E-state index in [9.17, 15) is 19.8 Å². The Balaban J connectivity index is 1.56. The van der Waals surface area contributed by atoms with Crippen LogP contribution in [0.25, 0.3) is 0 Å². The van der Waals surface area contributed by atoms with Gasteiger partial charge in [0, 0.05) is 0 Å². The van der Waals surface area contributed by atoms with Crippen molar-refractivity contribution in [3.05, 3.63) is 11.6 Å². The maximum Gasteiger partial charge on any atom is 0.325 e. The van der Waals surface area contributed by atoms with Crippen LogP contribution in [0.5, 0.6) is 0 Å². The molecule has 5 rings (SSSR count). The summed E-state index contributed by atoms with van der Waals surface area (Å²) in [5.41, 5.74) is 1.49. The minimum Gasteiger partial charge on any atom is -0.480 e. The van der Waals surface area contributed by atoms with Crippen molar-refractivity contribution in [3.8, 4) is 0 Å². The van der Waals surface area contributed by atoms with Crippen molar-refractivity contribution >= 4 is 11.9 Å². The predicted molar refractivity (Wildman–Crippen MR) is 150 cm³/mol. The number of carbonyl (C=O) groups excluding carboxylic acids is 1. The minimum absolute atomic E-state index is 0.0321. The van der Waals surface area contributed by atoms with Gasteiger partial charge < -0.3 is 15.5 Å². The molecule has 0 bridgehead atoms. The molecule has 1 amide bonds. The van der Waals surface area contributed by atoms with Crippen molar-refractivity contribution in [1.29, 1.82) is 0 Å². The molecule has 0 aromatic carbocycles.